The fraction of sp³-hybridized carbons (Fsp3) is 0.375. The normalized spacial score (nSPS) is 12.3. The average Bonchev–Trinajstić information content (AvgIpc) is 2.51. The summed E-state index contributed by atoms with van der Waals surface area (Å²) >= 11 is 3.38. The van der Waals surface area contributed by atoms with Gasteiger partial charge in [-0.1, -0.05) is 6.92 Å². The maximum absolute atomic E-state index is 12.0. The molecule has 0 radical (unpaired) electrons. The summed E-state index contributed by atoms with van der Waals surface area (Å²) in [5, 5.41) is 12.0. The second-order valence-corrected chi connectivity index (χ2v) is 5.55. The van der Waals surface area contributed by atoms with Crippen molar-refractivity contribution in [1.29, 1.82) is 5.26 Å². The zero-order valence-corrected chi connectivity index (χ0v) is 14.7. The number of carbonyl (C=O) groups is 1. The fourth-order valence-corrected chi connectivity index (χ4v) is 2.36. The number of amides is 1. The van der Waals surface area contributed by atoms with E-state index in [2.05, 4.69) is 21.2 Å². The highest BCUT2D eigenvalue weighted by Gasteiger charge is 2.14. The molecular formula is C16H19BrN2O3. The summed E-state index contributed by atoms with van der Waals surface area (Å²) in [6.07, 6.45) is 2.32. The highest BCUT2D eigenvalue weighted by Crippen LogP contribution is 2.36. The molecule has 1 aromatic rings. The zero-order valence-electron chi connectivity index (χ0n) is 13.1. The van der Waals surface area contributed by atoms with E-state index in [0.717, 1.165) is 6.42 Å². The highest BCUT2D eigenvalue weighted by atomic mass is 79.9. The molecule has 0 aliphatic heterocycles. The molecule has 0 unspecified atom stereocenters. The van der Waals surface area contributed by atoms with Crippen LogP contribution in [0.15, 0.2) is 22.2 Å². The Labute approximate surface area is 139 Å². The Morgan fingerprint density at radius 3 is 2.64 bits per heavy atom. The van der Waals surface area contributed by atoms with Crippen LogP contribution in [-0.2, 0) is 4.79 Å². The monoisotopic (exact) mass is 366 g/mol. The van der Waals surface area contributed by atoms with E-state index in [4.69, 9.17) is 9.47 Å². The summed E-state index contributed by atoms with van der Waals surface area (Å²) < 4.78 is 11.2. The predicted molar refractivity (Wildman–Crippen MR) is 88.7 cm³/mol. The lowest BCUT2D eigenvalue weighted by molar-refractivity contribution is -0.117. The molecule has 0 spiro atoms. The topological polar surface area (TPSA) is 71.4 Å². The van der Waals surface area contributed by atoms with E-state index in [1.807, 2.05) is 19.9 Å². The molecule has 0 bridgehead atoms. The summed E-state index contributed by atoms with van der Waals surface area (Å²) in [5.41, 5.74) is 0.708. The van der Waals surface area contributed by atoms with Crippen molar-refractivity contribution in [3.8, 4) is 17.6 Å². The summed E-state index contributed by atoms with van der Waals surface area (Å²) in [6, 6.07) is 5.41. The molecule has 22 heavy (non-hydrogen) atoms. The number of halogens is 1. The third kappa shape index (κ3) is 4.50. The number of methoxy groups -OCH3 is 2. The largest absolute Gasteiger partial charge is 0.493 e. The van der Waals surface area contributed by atoms with Gasteiger partial charge in [-0.3, -0.25) is 4.79 Å². The van der Waals surface area contributed by atoms with Crippen molar-refractivity contribution in [3.63, 3.8) is 0 Å². The summed E-state index contributed by atoms with van der Waals surface area (Å²) in [5.74, 6) is 0.688. The van der Waals surface area contributed by atoms with Crippen molar-refractivity contribution in [3.05, 3.63) is 27.7 Å². The number of ether oxygens (including phenoxy) is 2. The van der Waals surface area contributed by atoms with Crippen LogP contribution in [0.25, 0.3) is 6.08 Å². The van der Waals surface area contributed by atoms with Gasteiger partial charge in [0.15, 0.2) is 11.5 Å². The van der Waals surface area contributed by atoms with Gasteiger partial charge in [0.05, 0.1) is 18.7 Å². The van der Waals surface area contributed by atoms with Crippen LogP contribution in [0.5, 0.6) is 11.5 Å². The quantitative estimate of drug-likeness (QED) is 0.619. The van der Waals surface area contributed by atoms with Crippen LogP contribution in [0.1, 0.15) is 25.8 Å². The number of rotatable bonds is 6. The molecule has 0 heterocycles. The number of hydrogen-bond donors (Lipinski definition) is 1. The maximum atomic E-state index is 12.0. The van der Waals surface area contributed by atoms with E-state index in [-0.39, 0.29) is 17.5 Å². The third-order valence-corrected chi connectivity index (χ3v) is 3.71. The van der Waals surface area contributed by atoms with Gasteiger partial charge in [-0.2, -0.15) is 5.26 Å². The van der Waals surface area contributed by atoms with Gasteiger partial charge in [-0.05, 0) is 53.0 Å². The minimum Gasteiger partial charge on any atom is -0.493 e. The van der Waals surface area contributed by atoms with Crippen LogP contribution in [0.3, 0.4) is 0 Å². The van der Waals surface area contributed by atoms with Crippen molar-refractivity contribution in [2.45, 2.75) is 26.3 Å². The smallest absolute Gasteiger partial charge is 0.262 e. The van der Waals surface area contributed by atoms with E-state index >= 15 is 0 Å². The Bertz CT molecular complexity index is 621. The van der Waals surface area contributed by atoms with E-state index in [0.29, 0.717) is 21.5 Å². The Kier molecular flexibility index (Phi) is 6.93. The van der Waals surface area contributed by atoms with Gasteiger partial charge < -0.3 is 14.8 Å². The van der Waals surface area contributed by atoms with E-state index in [1.165, 1.54) is 13.2 Å². The van der Waals surface area contributed by atoms with Gasteiger partial charge in [0.2, 0.25) is 0 Å². The molecule has 1 atom stereocenters. The molecule has 118 valence electrons. The van der Waals surface area contributed by atoms with Gasteiger partial charge in [0.25, 0.3) is 5.91 Å². The first-order valence-corrected chi connectivity index (χ1v) is 7.60. The van der Waals surface area contributed by atoms with Crippen LogP contribution in [0.2, 0.25) is 0 Å². The molecule has 1 aromatic carbocycles. The zero-order chi connectivity index (χ0) is 16.7. The number of carbonyl (C=O) groups excluding carboxylic acids is 1. The number of benzene rings is 1. The van der Waals surface area contributed by atoms with Crippen molar-refractivity contribution in [2.24, 2.45) is 0 Å². The molecular weight excluding hydrogens is 348 g/mol. The second-order valence-electron chi connectivity index (χ2n) is 4.69. The lowest BCUT2D eigenvalue weighted by Gasteiger charge is -2.12. The van der Waals surface area contributed by atoms with Gasteiger partial charge in [0, 0.05) is 6.04 Å². The summed E-state index contributed by atoms with van der Waals surface area (Å²) in [7, 11) is 3.07. The van der Waals surface area contributed by atoms with Crippen LogP contribution < -0.4 is 14.8 Å². The number of nitrogens with one attached hydrogen (secondary N) is 1. The van der Waals surface area contributed by atoms with Gasteiger partial charge in [-0.25, -0.2) is 0 Å². The molecule has 5 nitrogen and oxygen atoms in total. The number of nitriles is 1. The van der Waals surface area contributed by atoms with Gasteiger partial charge in [-0.15, -0.1) is 0 Å². The van der Waals surface area contributed by atoms with Crippen molar-refractivity contribution in [2.75, 3.05) is 14.2 Å². The molecule has 1 rings (SSSR count). The summed E-state index contributed by atoms with van der Waals surface area (Å²) in [4.78, 5) is 12.0. The first-order valence-electron chi connectivity index (χ1n) is 6.80. The van der Waals surface area contributed by atoms with Gasteiger partial charge in [0.1, 0.15) is 11.6 Å². The molecule has 0 fully saturated rings. The number of nitrogens with zero attached hydrogens (tertiary/aromatic N) is 1. The maximum Gasteiger partial charge on any atom is 0.262 e. The highest BCUT2D eigenvalue weighted by molar-refractivity contribution is 9.10. The SMILES string of the molecule is CC[C@@H](C)NC(=O)/C(C#N)=C/c1cc(Br)c(OC)c(OC)c1. The molecule has 1 N–H and O–H groups in total. The molecule has 1 amide bonds. The average molecular weight is 367 g/mol. The lowest BCUT2D eigenvalue weighted by atomic mass is 10.1. The van der Waals surface area contributed by atoms with Crippen LogP contribution in [-0.4, -0.2) is 26.2 Å². The Morgan fingerprint density at radius 1 is 1.45 bits per heavy atom. The first kappa shape index (κ1) is 18.1. The van der Waals surface area contributed by atoms with Crippen LogP contribution in [0, 0.1) is 11.3 Å². The molecule has 0 saturated carbocycles. The van der Waals surface area contributed by atoms with E-state index < -0.39 is 0 Å². The Hall–Kier alpha value is -2.00. The van der Waals surface area contributed by atoms with E-state index in [9.17, 15) is 10.1 Å². The predicted octanol–water partition coefficient (Wildman–Crippen LogP) is 3.29. The minimum absolute atomic E-state index is 0.0152. The second kappa shape index (κ2) is 8.44. The van der Waals surface area contributed by atoms with Crippen LogP contribution in [0.4, 0.5) is 0 Å². The van der Waals surface area contributed by atoms with Crippen molar-refractivity contribution < 1.29 is 14.3 Å². The molecule has 0 aliphatic rings. The lowest BCUT2D eigenvalue weighted by Crippen LogP contribution is -2.32. The Balaban J connectivity index is 3.16. The molecule has 0 aliphatic carbocycles. The van der Waals surface area contributed by atoms with Crippen molar-refractivity contribution >= 4 is 27.9 Å². The van der Waals surface area contributed by atoms with Gasteiger partial charge >= 0.3 is 0 Å². The first-order chi connectivity index (χ1) is 10.5. The third-order valence-electron chi connectivity index (χ3n) is 3.12. The fourth-order valence-electron chi connectivity index (χ4n) is 1.74. The van der Waals surface area contributed by atoms with Crippen LogP contribution >= 0.6 is 15.9 Å². The molecule has 0 aromatic heterocycles. The van der Waals surface area contributed by atoms with E-state index in [1.54, 1.807) is 19.2 Å². The van der Waals surface area contributed by atoms with Crippen molar-refractivity contribution in [1.82, 2.24) is 5.32 Å². The Morgan fingerprint density at radius 2 is 2.14 bits per heavy atom. The molecule has 6 heteroatoms. The standard InChI is InChI=1S/C16H19BrN2O3/c1-5-10(2)19-16(20)12(9-18)6-11-7-13(17)15(22-4)14(8-11)21-3/h6-8,10H,5H2,1-4H3,(H,19,20)/b12-6+/t10-/m1/s1. The molecule has 0 saturated heterocycles. The number of hydrogen-bond acceptors (Lipinski definition) is 4. The minimum atomic E-state index is -0.386. The summed E-state index contributed by atoms with van der Waals surface area (Å²) in [6.45, 7) is 3.85.